The summed E-state index contributed by atoms with van der Waals surface area (Å²) in [6.45, 7) is 6.48. The molecule has 4 aromatic rings. The molecule has 3 aromatic carbocycles. The van der Waals surface area contributed by atoms with Gasteiger partial charge in [-0.05, 0) is 72.7 Å². The van der Waals surface area contributed by atoms with Crippen molar-refractivity contribution in [2.45, 2.75) is 39.7 Å². The number of carbonyl (C=O) groups is 1. The fourth-order valence-electron chi connectivity index (χ4n) is 5.34. The van der Waals surface area contributed by atoms with E-state index >= 15 is 0 Å². The molecule has 0 saturated heterocycles. The van der Waals surface area contributed by atoms with Gasteiger partial charge in [-0.3, -0.25) is 9.89 Å². The van der Waals surface area contributed by atoms with Crippen LogP contribution in [0.2, 0.25) is 0 Å². The number of carbonyl (C=O) groups excluding carboxylic acids is 1. The normalized spacial score (nSPS) is 14.6. The number of rotatable bonds is 8. The lowest BCUT2D eigenvalue weighted by atomic mass is 9.93. The number of nitrogens with one attached hydrogen (secondary N) is 1. The predicted molar refractivity (Wildman–Crippen MR) is 147 cm³/mol. The quantitative estimate of drug-likeness (QED) is 0.314. The number of ether oxygens (including phenoxy) is 2. The van der Waals surface area contributed by atoms with Crippen LogP contribution in [0.4, 0.5) is 0 Å². The number of hydrogen-bond donors (Lipinski definition) is 2. The number of phenolic OH excluding ortho intramolecular Hbond substituents is 1. The van der Waals surface area contributed by atoms with Crippen molar-refractivity contribution in [1.29, 1.82) is 0 Å². The summed E-state index contributed by atoms with van der Waals surface area (Å²) >= 11 is 0. The molecule has 5 rings (SSSR count). The maximum absolute atomic E-state index is 13.8. The second kappa shape index (κ2) is 10.2. The first-order valence-corrected chi connectivity index (χ1v) is 12.9. The highest BCUT2D eigenvalue weighted by Gasteiger charge is 2.42. The second-order valence-corrected chi connectivity index (χ2v) is 9.77. The first kappa shape index (κ1) is 25.4. The van der Waals surface area contributed by atoms with Crippen LogP contribution in [0.15, 0.2) is 54.6 Å². The van der Waals surface area contributed by atoms with Crippen LogP contribution in [0, 0.1) is 13.8 Å². The summed E-state index contributed by atoms with van der Waals surface area (Å²) in [6.07, 6.45) is 1.57. The Morgan fingerprint density at radius 3 is 2.37 bits per heavy atom. The van der Waals surface area contributed by atoms with E-state index in [9.17, 15) is 9.90 Å². The molecule has 196 valence electrons. The number of methoxy groups -OCH3 is 2. The van der Waals surface area contributed by atoms with Gasteiger partial charge in [-0.2, -0.15) is 5.10 Å². The zero-order chi connectivity index (χ0) is 27.0. The fourth-order valence-corrected chi connectivity index (χ4v) is 5.34. The Hall–Kier alpha value is -4.26. The topological polar surface area (TPSA) is 87.7 Å². The number of aromatic hydroxyl groups is 1. The van der Waals surface area contributed by atoms with E-state index in [0.29, 0.717) is 41.4 Å². The molecule has 0 fully saturated rings. The highest BCUT2D eigenvalue weighted by atomic mass is 16.5. The molecule has 2 heterocycles. The monoisotopic (exact) mass is 511 g/mol. The number of nitrogens with zero attached hydrogens (tertiary/aromatic N) is 2. The van der Waals surface area contributed by atoms with Gasteiger partial charge in [0.1, 0.15) is 17.1 Å². The second-order valence-electron chi connectivity index (χ2n) is 9.77. The van der Waals surface area contributed by atoms with E-state index in [1.807, 2.05) is 49.1 Å². The van der Waals surface area contributed by atoms with E-state index in [-0.39, 0.29) is 17.7 Å². The molecular formula is C31H33N3O4. The highest BCUT2D eigenvalue weighted by molar-refractivity contribution is 6.00. The van der Waals surface area contributed by atoms with Gasteiger partial charge in [0, 0.05) is 17.7 Å². The molecular weight excluding hydrogens is 478 g/mol. The molecule has 0 radical (unpaired) electrons. The van der Waals surface area contributed by atoms with E-state index in [4.69, 9.17) is 9.47 Å². The van der Waals surface area contributed by atoms with Crippen LogP contribution in [0.3, 0.4) is 0 Å². The molecule has 7 nitrogen and oxygen atoms in total. The van der Waals surface area contributed by atoms with Crippen LogP contribution in [0.5, 0.6) is 17.2 Å². The fraction of sp³-hybridized carbons (Fsp3) is 0.290. The van der Waals surface area contributed by atoms with Gasteiger partial charge >= 0.3 is 0 Å². The lowest BCUT2D eigenvalue weighted by molar-refractivity contribution is 0.0746. The van der Waals surface area contributed by atoms with Gasteiger partial charge < -0.3 is 19.5 Å². The molecule has 1 aliphatic heterocycles. The minimum Gasteiger partial charge on any atom is -0.507 e. The Labute approximate surface area is 223 Å². The first-order chi connectivity index (χ1) is 18.4. The molecule has 1 amide bonds. The van der Waals surface area contributed by atoms with Crippen molar-refractivity contribution in [2.75, 3.05) is 20.8 Å². The van der Waals surface area contributed by atoms with Gasteiger partial charge in [-0.1, -0.05) is 43.3 Å². The molecule has 2 N–H and O–H groups in total. The molecule has 38 heavy (non-hydrogen) atoms. The van der Waals surface area contributed by atoms with Crippen molar-refractivity contribution in [2.24, 2.45) is 0 Å². The van der Waals surface area contributed by atoms with Crippen molar-refractivity contribution in [3.05, 3.63) is 93.7 Å². The average Bonchev–Trinajstić information content (AvgIpc) is 3.47. The van der Waals surface area contributed by atoms with Gasteiger partial charge in [0.15, 0.2) is 11.5 Å². The Kier molecular flexibility index (Phi) is 6.85. The molecule has 0 saturated carbocycles. The number of fused-ring (bicyclic) bond motifs is 1. The zero-order valence-electron chi connectivity index (χ0n) is 22.5. The van der Waals surface area contributed by atoms with E-state index in [0.717, 1.165) is 34.2 Å². The first-order valence-electron chi connectivity index (χ1n) is 12.9. The number of aromatic nitrogens is 2. The van der Waals surface area contributed by atoms with E-state index in [2.05, 4.69) is 41.4 Å². The molecule has 0 aliphatic carbocycles. The predicted octanol–water partition coefficient (Wildman–Crippen LogP) is 5.77. The van der Waals surface area contributed by atoms with E-state index in [1.165, 1.54) is 5.56 Å². The van der Waals surface area contributed by atoms with Crippen molar-refractivity contribution in [1.82, 2.24) is 15.1 Å². The van der Waals surface area contributed by atoms with E-state index < -0.39 is 0 Å². The number of benzene rings is 3. The number of hydrogen-bond acceptors (Lipinski definition) is 5. The Morgan fingerprint density at radius 2 is 1.68 bits per heavy atom. The summed E-state index contributed by atoms with van der Waals surface area (Å²) in [5.74, 6) is 1.40. The molecule has 0 spiro atoms. The summed E-state index contributed by atoms with van der Waals surface area (Å²) in [5.41, 5.74) is 7.57. The van der Waals surface area contributed by atoms with Crippen molar-refractivity contribution >= 4 is 5.91 Å². The number of phenols is 1. The lowest BCUT2D eigenvalue weighted by Crippen LogP contribution is -2.31. The van der Waals surface area contributed by atoms with Crippen molar-refractivity contribution < 1.29 is 19.4 Å². The third-order valence-corrected chi connectivity index (χ3v) is 7.36. The van der Waals surface area contributed by atoms with E-state index in [1.54, 1.807) is 14.2 Å². The third kappa shape index (κ3) is 4.38. The smallest absolute Gasteiger partial charge is 0.273 e. The highest BCUT2D eigenvalue weighted by Crippen LogP contribution is 2.45. The third-order valence-electron chi connectivity index (χ3n) is 7.36. The van der Waals surface area contributed by atoms with Gasteiger partial charge in [0.25, 0.3) is 5.91 Å². The summed E-state index contributed by atoms with van der Waals surface area (Å²) in [6, 6.07) is 17.8. The van der Waals surface area contributed by atoms with Gasteiger partial charge in [0.05, 0.1) is 20.3 Å². The summed E-state index contributed by atoms with van der Waals surface area (Å²) < 4.78 is 10.8. The molecule has 0 bridgehead atoms. The summed E-state index contributed by atoms with van der Waals surface area (Å²) in [7, 11) is 3.23. The molecule has 7 heteroatoms. The van der Waals surface area contributed by atoms with Gasteiger partial charge in [-0.15, -0.1) is 0 Å². The van der Waals surface area contributed by atoms with Gasteiger partial charge in [0.2, 0.25) is 0 Å². The standard InChI is InChI=1S/C31H33N3O4/c1-6-20-7-10-22(11-8-20)29-26-27(23-16-18(2)15-19(3)30(23)35)32-33-28(26)31(36)34(29)14-13-21-9-12-24(37-4)25(17-21)38-5/h7-12,15-17,29,35H,6,13-14H2,1-5H3,(H,32,33). The molecule has 1 unspecified atom stereocenters. The van der Waals surface area contributed by atoms with Crippen LogP contribution in [0.25, 0.3) is 11.3 Å². The van der Waals surface area contributed by atoms with Crippen LogP contribution in [-0.2, 0) is 12.8 Å². The van der Waals surface area contributed by atoms with Gasteiger partial charge in [-0.25, -0.2) is 0 Å². The zero-order valence-corrected chi connectivity index (χ0v) is 22.5. The Morgan fingerprint density at radius 1 is 0.974 bits per heavy atom. The summed E-state index contributed by atoms with van der Waals surface area (Å²) in [5, 5.41) is 18.5. The number of aromatic amines is 1. The van der Waals surface area contributed by atoms with Crippen molar-refractivity contribution in [3.63, 3.8) is 0 Å². The van der Waals surface area contributed by atoms with Crippen LogP contribution in [0.1, 0.15) is 56.8 Å². The summed E-state index contributed by atoms with van der Waals surface area (Å²) in [4.78, 5) is 15.7. The van der Waals surface area contributed by atoms with Crippen LogP contribution in [-0.4, -0.2) is 46.9 Å². The molecule has 1 aliphatic rings. The Balaban J connectivity index is 1.57. The lowest BCUT2D eigenvalue weighted by Gasteiger charge is -2.27. The van der Waals surface area contributed by atoms with Crippen LogP contribution >= 0.6 is 0 Å². The minimum absolute atomic E-state index is 0.104. The molecule has 1 atom stereocenters. The largest absolute Gasteiger partial charge is 0.507 e. The Bertz CT molecular complexity index is 1490. The minimum atomic E-state index is -0.336. The molecule has 1 aromatic heterocycles. The van der Waals surface area contributed by atoms with Crippen molar-refractivity contribution in [3.8, 4) is 28.5 Å². The maximum Gasteiger partial charge on any atom is 0.273 e. The maximum atomic E-state index is 13.8. The SMILES string of the molecule is CCc1ccc(C2c3c(-c4cc(C)cc(C)c4O)n[nH]c3C(=O)N2CCc2ccc(OC)c(OC)c2)cc1. The average molecular weight is 512 g/mol. The van der Waals surface area contributed by atoms with Crippen LogP contribution < -0.4 is 9.47 Å². The number of H-pyrrole nitrogens is 1. The number of amides is 1. The number of aryl methyl sites for hydroxylation is 3.